The van der Waals surface area contributed by atoms with Crippen molar-refractivity contribution in [3.63, 3.8) is 0 Å². The van der Waals surface area contributed by atoms with E-state index in [9.17, 15) is 19.2 Å². The molecule has 6 rings (SSSR count). The summed E-state index contributed by atoms with van der Waals surface area (Å²) in [5.74, 6) is 0.0417. The molecule has 0 radical (unpaired) electrons. The lowest BCUT2D eigenvalue weighted by Gasteiger charge is -2.58. The molecule has 12 heteroatoms. The van der Waals surface area contributed by atoms with Crippen LogP contribution in [0.1, 0.15) is 80.5 Å². The molecule has 1 heterocycles. The minimum absolute atomic E-state index is 0.0411. The summed E-state index contributed by atoms with van der Waals surface area (Å²) < 4.78 is 18.3. The highest BCUT2D eigenvalue weighted by Crippen LogP contribution is 2.57. The Balaban J connectivity index is 1.24. The van der Waals surface area contributed by atoms with Gasteiger partial charge in [-0.3, -0.25) is 9.59 Å². The van der Waals surface area contributed by atoms with Gasteiger partial charge in [0.2, 0.25) is 5.88 Å². The molecule has 0 spiro atoms. The number of amides is 3. The summed E-state index contributed by atoms with van der Waals surface area (Å²) in [5, 5.41) is 10.5. The Kier molecular flexibility index (Phi) is 9.22. The van der Waals surface area contributed by atoms with E-state index in [1.807, 2.05) is 13.8 Å². The zero-order chi connectivity index (χ0) is 32.4. The molecule has 45 heavy (non-hydrogen) atoms. The quantitative estimate of drug-likeness (QED) is 0.300. The Hall–Kier alpha value is -4.35. The summed E-state index contributed by atoms with van der Waals surface area (Å²) in [6.07, 6.45) is 8.29. The van der Waals surface area contributed by atoms with Gasteiger partial charge < -0.3 is 30.6 Å². The Morgan fingerprint density at radius 3 is 2.44 bits per heavy atom. The lowest BCUT2D eigenvalue weighted by molar-refractivity contribution is -0.137. The van der Waals surface area contributed by atoms with Gasteiger partial charge in [-0.1, -0.05) is 32.0 Å². The molecule has 0 aliphatic heterocycles. The van der Waals surface area contributed by atoms with Crippen molar-refractivity contribution >= 4 is 30.1 Å². The molecule has 4 N–H and O–H groups in total. The zero-order valence-electron chi connectivity index (χ0n) is 26.3. The number of benzene rings is 1. The average Bonchev–Trinajstić information content (AvgIpc) is 3.38. The summed E-state index contributed by atoms with van der Waals surface area (Å²) in [7, 11) is 0. The maximum Gasteiger partial charge on any atom is 0.405 e. The zero-order valence-corrected chi connectivity index (χ0v) is 26.3. The maximum absolute atomic E-state index is 13.7. The Labute approximate surface area is 263 Å². The highest BCUT2D eigenvalue weighted by molar-refractivity contribution is 5.96. The third kappa shape index (κ3) is 7.66. The number of hydrogen-bond donors (Lipinski definition) is 3. The molecular formula is C33H43N5O7. The number of nitrogens with zero attached hydrogens (tertiary/aromatic N) is 2. The minimum atomic E-state index is -0.844. The van der Waals surface area contributed by atoms with Crippen LogP contribution in [0.15, 0.2) is 42.6 Å². The summed E-state index contributed by atoms with van der Waals surface area (Å²) in [6, 6.07) is 8.41. The van der Waals surface area contributed by atoms with Crippen molar-refractivity contribution in [3.05, 3.63) is 53.7 Å². The van der Waals surface area contributed by atoms with Gasteiger partial charge in [0, 0.05) is 12.2 Å². The highest BCUT2D eigenvalue weighted by Gasteiger charge is 2.57. The molecular weight excluding hydrogens is 578 g/mol. The van der Waals surface area contributed by atoms with Crippen molar-refractivity contribution in [2.45, 2.75) is 77.0 Å². The van der Waals surface area contributed by atoms with Crippen molar-refractivity contribution < 1.29 is 33.4 Å². The average molecular weight is 622 g/mol. The molecule has 4 aliphatic carbocycles. The third-order valence-electron chi connectivity index (χ3n) is 8.82. The number of rotatable bonds is 12. The predicted octanol–water partition coefficient (Wildman–Crippen LogP) is 3.91. The van der Waals surface area contributed by atoms with E-state index in [1.165, 1.54) is 10.9 Å². The van der Waals surface area contributed by atoms with Crippen LogP contribution < -0.4 is 21.1 Å². The summed E-state index contributed by atoms with van der Waals surface area (Å²) in [5.41, 5.74) is 4.71. The first-order chi connectivity index (χ1) is 21.3. The Morgan fingerprint density at radius 2 is 1.80 bits per heavy atom. The minimum Gasteiger partial charge on any atom is -0.477 e. The van der Waals surface area contributed by atoms with Crippen LogP contribution in [-0.4, -0.2) is 64.1 Å². The summed E-state index contributed by atoms with van der Waals surface area (Å²) in [4.78, 5) is 50.0. The molecule has 4 saturated carbocycles. The van der Waals surface area contributed by atoms with Crippen molar-refractivity contribution in [1.29, 1.82) is 0 Å². The van der Waals surface area contributed by atoms with Crippen LogP contribution in [0.4, 0.5) is 4.79 Å². The molecule has 242 valence electrons. The molecule has 2 unspecified atom stereocenters. The number of hydrogen-bond acceptors (Lipinski definition) is 8. The Morgan fingerprint density at radius 1 is 1.11 bits per heavy atom. The van der Waals surface area contributed by atoms with Gasteiger partial charge >= 0.3 is 12.1 Å². The second-order valence-corrected chi connectivity index (χ2v) is 13.6. The normalized spacial score (nSPS) is 25.3. The number of carbonyl (C=O) groups is 4. The van der Waals surface area contributed by atoms with E-state index in [4.69, 9.17) is 19.9 Å². The van der Waals surface area contributed by atoms with E-state index >= 15 is 0 Å². The first kappa shape index (κ1) is 32.1. The number of primary amides is 1. The number of aromatic nitrogens is 2. The lowest BCUT2D eigenvalue weighted by Crippen LogP contribution is -2.63. The smallest absolute Gasteiger partial charge is 0.405 e. The van der Waals surface area contributed by atoms with Gasteiger partial charge in [-0.2, -0.15) is 5.10 Å². The van der Waals surface area contributed by atoms with E-state index in [2.05, 4.69) is 15.7 Å². The van der Waals surface area contributed by atoms with Gasteiger partial charge in [0.1, 0.15) is 11.2 Å². The fraction of sp³-hybridized carbons (Fsp3) is 0.545. The number of nitrogens with one attached hydrogen (secondary N) is 2. The van der Waals surface area contributed by atoms with Crippen LogP contribution in [0, 0.1) is 23.7 Å². The molecule has 2 atom stereocenters. The van der Waals surface area contributed by atoms with Crippen molar-refractivity contribution in [2.24, 2.45) is 29.4 Å². The van der Waals surface area contributed by atoms with Crippen LogP contribution in [-0.2, 0) is 14.3 Å². The maximum atomic E-state index is 13.7. The van der Waals surface area contributed by atoms with E-state index in [0.717, 1.165) is 19.3 Å². The van der Waals surface area contributed by atoms with E-state index in [0.29, 0.717) is 42.4 Å². The molecule has 2 aromatic rings. The molecule has 12 nitrogen and oxygen atoms in total. The van der Waals surface area contributed by atoms with Crippen LogP contribution in [0.5, 0.6) is 5.88 Å². The van der Waals surface area contributed by atoms with Crippen molar-refractivity contribution in [1.82, 2.24) is 20.4 Å². The summed E-state index contributed by atoms with van der Waals surface area (Å²) >= 11 is 0. The lowest BCUT2D eigenvalue weighted by atomic mass is 9.52. The van der Waals surface area contributed by atoms with E-state index in [1.54, 1.807) is 56.5 Å². The number of nitrogens with two attached hydrogens (primary N) is 1. The number of carbonyl (C=O) groups excluding carboxylic acids is 4. The topological polar surface area (TPSA) is 164 Å². The van der Waals surface area contributed by atoms with Crippen LogP contribution >= 0.6 is 0 Å². The Bertz CT molecular complexity index is 1430. The van der Waals surface area contributed by atoms with Gasteiger partial charge in [-0.05, 0) is 87.8 Å². The van der Waals surface area contributed by atoms with Gasteiger partial charge in [0.15, 0.2) is 6.61 Å². The molecule has 3 amide bonds. The first-order valence-corrected chi connectivity index (χ1v) is 15.6. The predicted molar refractivity (Wildman–Crippen MR) is 165 cm³/mol. The largest absolute Gasteiger partial charge is 0.477 e. The monoisotopic (exact) mass is 621 g/mol. The molecule has 0 saturated heterocycles. The fourth-order valence-electron chi connectivity index (χ4n) is 7.24. The molecule has 1 aromatic carbocycles. The van der Waals surface area contributed by atoms with Crippen LogP contribution in [0.25, 0.3) is 6.20 Å². The van der Waals surface area contributed by atoms with E-state index < -0.39 is 35.7 Å². The first-order valence-electron chi connectivity index (χ1n) is 15.6. The van der Waals surface area contributed by atoms with Gasteiger partial charge in [0.25, 0.3) is 11.8 Å². The third-order valence-corrected chi connectivity index (χ3v) is 8.82. The van der Waals surface area contributed by atoms with Gasteiger partial charge in [-0.15, -0.1) is 0 Å². The number of esters is 1. The molecule has 4 fully saturated rings. The molecule has 4 aliphatic rings. The van der Waals surface area contributed by atoms with Crippen molar-refractivity contribution in [3.8, 4) is 5.88 Å². The SMILES string of the molecule is CC(C)COc1c(C(=O)N[C@H]2C3CC4CC2C[C@](OC(N)=O)(C4)C3)cnn1/C=C/C(C)(C)NC(=O)COC(=O)c1ccccc1. The second kappa shape index (κ2) is 12.9. The van der Waals surface area contributed by atoms with E-state index in [-0.39, 0.29) is 29.7 Å². The number of ether oxygens (including phenoxy) is 3. The molecule has 4 bridgehead atoms. The summed E-state index contributed by atoms with van der Waals surface area (Å²) in [6.45, 7) is 7.53. The fourth-order valence-corrected chi connectivity index (χ4v) is 7.24. The second-order valence-electron chi connectivity index (χ2n) is 13.6. The standard InChI is InChI=1S/C33H43N5O7/c1-20(2)18-43-29-25(28(40)36-27-23-12-21-13-24(27)16-33(14-21,15-23)45-31(34)42)17-35-38(29)11-10-32(3,4)37-26(39)19-44-30(41)22-8-6-5-7-9-22/h5-11,17,20-21,23-24,27H,12-16,18-19H2,1-4H3,(H2,34,42)(H,36,40)(H,37,39)/b11-10+/t21?,23?,24?,27-,33-. The van der Waals surface area contributed by atoms with Gasteiger partial charge in [0.05, 0.1) is 23.9 Å². The van der Waals surface area contributed by atoms with Crippen LogP contribution in [0.3, 0.4) is 0 Å². The molecule has 1 aromatic heterocycles. The van der Waals surface area contributed by atoms with Crippen molar-refractivity contribution in [2.75, 3.05) is 13.2 Å². The van der Waals surface area contributed by atoms with Gasteiger partial charge in [-0.25, -0.2) is 14.3 Å². The van der Waals surface area contributed by atoms with Crippen LogP contribution in [0.2, 0.25) is 0 Å². The highest BCUT2D eigenvalue weighted by atomic mass is 16.6.